The average molecular weight is 228 g/mol. The van der Waals surface area contributed by atoms with Crippen molar-refractivity contribution in [3.05, 3.63) is 35.7 Å². The fourth-order valence-corrected chi connectivity index (χ4v) is 1.42. The minimum Gasteiger partial charge on any atom is -0.334 e. The third kappa shape index (κ3) is 2.68. The van der Waals surface area contributed by atoms with E-state index in [4.69, 9.17) is 15.5 Å². The molecule has 2 N–H and O–H groups in total. The Hall–Kier alpha value is -2.19. The number of nitriles is 1. The molecule has 0 aliphatic rings. The number of rotatable bonds is 4. The van der Waals surface area contributed by atoms with E-state index >= 15 is 0 Å². The van der Waals surface area contributed by atoms with Crippen LogP contribution in [0.2, 0.25) is 0 Å². The SMILES string of the molecule is N#Cc1ccc(-c2nc(CCCN)no2)cc1. The van der Waals surface area contributed by atoms with Crippen molar-refractivity contribution in [2.24, 2.45) is 5.73 Å². The van der Waals surface area contributed by atoms with Crippen molar-refractivity contribution in [2.45, 2.75) is 12.8 Å². The van der Waals surface area contributed by atoms with Crippen LogP contribution in [0, 0.1) is 11.3 Å². The van der Waals surface area contributed by atoms with Crippen LogP contribution in [-0.2, 0) is 6.42 Å². The smallest absolute Gasteiger partial charge is 0.257 e. The molecule has 0 fully saturated rings. The minimum absolute atomic E-state index is 0.474. The summed E-state index contributed by atoms with van der Waals surface area (Å²) in [6.45, 7) is 0.612. The maximum atomic E-state index is 8.69. The van der Waals surface area contributed by atoms with Crippen LogP contribution in [0.5, 0.6) is 0 Å². The van der Waals surface area contributed by atoms with Gasteiger partial charge < -0.3 is 10.3 Å². The fraction of sp³-hybridized carbons (Fsp3) is 0.250. The molecule has 17 heavy (non-hydrogen) atoms. The van der Waals surface area contributed by atoms with Crippen LogP contribution in [0.4, 0.5) is 0 Å². The molecule has 1 aromatic heterocycles. The van der Waals surface area contributed by atoms with Crippen LogP contribution in [0.25, 0.3) is 11.5 Å². The zero-order chi connectivity index (χ0) is 12.1. The first-order chi connectivity index (χ1) is 8.33. The molecule has 0 saturated carbocycles. The second-order valence-electron chi connectivity index (χ2n) is 3.60. The van der Waals surface area contributed by atoms with Gasteiger partial charge in [0, 0.05) is 12.0 Å². The molecule has 86 valence electrons. The monoisotopic (exact) mass is 228 g/mol. The number of nitrogens with zero attached hydrogens (tertiary/aromatic N) is 3. The maximum absolute atomic E-state index is 8.69. The van der Waals surface area contributed by atoms with E-state index in [1.807, 2.05) is 0 Å². The number of aromatic nitrogens is 2. The molecular weight excluding hydrogens is 216 g/mol. The molecule has 0 saturated heterocycles. The van der Waals surface area contributed by atoms with E-state index in [-0.39, 0.29) is 0 Å². The van der Waals surface area contributed by atoms with E-state index in [2.05, 4.69) is 16.2 Å². The van der Waals surface area contributed by atoms with Crippen molar-refractivity contribution >= 4 is 0 Å². The summed E-state index contributed by atoms with van der Waals surface area (Å²) in [5, 5.41) is 12.6. The Morgan fingerprint density at radius 2 is 2.06 bits per heavy atom. The highest BCUT2D eigenvalue weighted by molar-refractivity contribution is 5.54. The van der Waals surface area contributed by atoms with Gasteiger partial charge in [0.15, 0.2) is 5.82 Å². The number of nitrogens with two attached hydrogens (primary N) is 1. The van der Waals surface area contributed by atoms with Crippen LogP contribution in [0.15, 0.2) is 28.8 Å². The third-order valence-electron chi connectivity index (χ3n) is 2.33. The summed E-state index contributed by atoms with van der Waals surface area (Å²) in [4.78, 5) is 4.26. The first-order valence-corrected chi connectivity index (χ1v) is 5.36. The fourth-order valence-electron chi connectivity index (χ4n) is 1.42. The highest BCUT2D eigenvalue weighted by atomic mass is 16.5. The lowest BCUT2D eigenvalue weighted by Gasteiger charge is -1.93. The quantitative estimate of drug-likeness (QED) is 0.856. The molecule has 1 heterocycles. The summed E-state index contributed by atoms with van der Waals surface area (Å²) in [6, 6.07) is 9.08. The lowest BCUT2D eigenvalue weighted by atomic mass is 10.1. The zero-order valence-corrected chi connectivity index (χ0v) is 9.26. The van der Waals surface area contributed by atoms with Gasteiger partial charge in [0.25, 0.3) is 5.89 Å². The highest BCUT2D eigenvalue weighted by Gasteiger charge is 2.08. The van der Waals surface area contributed by atoms with Gasteiger partial charge in [-0.05, 0) is 37.2 Å². The first kappa shape index (κ1) is 11.3. The normalized spacial score (nSPS) is 10.1. The first-order valence-electron chi connectivity index (χ1n) is 5.36. The van der Waals surface area contributed by atoms with Crippen molar-refractivity contribution < 1.29 is 4.52 Å². The molecule has 0 atom stereocenters. The van der Waals surface area contributed by atoms with Crippen LogP contribution < -0.4 is 5.73 Å². The van der Waals surface area contributed by atoms with E-state index in [0.717, 1.165) is 18.4 Å². The van der Waals surface area contributed by atoms with Gasteiger partial charge in [0.2, 0.25) is 0 Å². The van der Waals surface area contributed by atoms with E-state index in [1.165, 1.54) is 0 Å². The molecule has 0 bridgehead atoms. The molecule has 0 unspecified atom stereocenters. The molecular formula is C12H12N4O. The van der Waals surface area contributed by atoms with Crippen molar-refractivity contribution in [2.75, 3.05) is 6.54 Å². The lowest BCUT2D eigenvalue weighted by Crippen LogP contribution is -2.01. The molecule has 5 heteroatoms. The van der Waals surface area contributed by atoms with Gasteiger partial charge in [-0.2, -0.15) is 10.2 Å². The highest BCUT2D eigenvalue weighted by Crippen LogP contribution is 2.17. The van der Waals surface area contributed by atoms with E-state index in [9.17, 15) is 0 Å². The van der Waals surface area contributed by atoms with Crippen molar-refractivity contribution in [3.63, 3.8) is 0 Å². The summed E-state index contributed by atoms with van der Waals surface area (Å²) in [7, 11) is 0. The van der Waals surface area contributed by atoms with E-state index in [0.29, 0.717) is 23.8 Å². The molecule has 0 aliphatic heterocycles. The van der Waals surface area contributed by atoms with E-state index < -0.39 is 0 Å². The molecule has 0 aliphatic carbocycles. The Bertz CT molecular complexity index is 524. The Morgan fingerprint density at radius 1 is 1.29 bits per heavy atom. The topological polar surface area (TPSA) is 88.7 Å². The van der Waals surface area contributed by atoms with Gasteiger partial charge in [-0.3, -0.25) is 0 Å². The zero-order valence-electron chi connectivity index (χ0n) is 9.26. The predicted molar refractivity (Wildman–Crippen MR) is 61.8 cm³/mol. The van der Waals surface area contributed by atoms with Crippen LogP contribution in [0.1, 0.15) is 17.8 Å². The van der Waals surface area contributed by atoms with Crippen LogP contribution in [0.3, 0.4) is 0 Å². The van der Waals surface area contributed by atoms with Gasteiger partial charge in [0.05, 0.1) is 11.6 Å². The molecule has 0 radical (unpaired) electrons. The average Bonchev–Trinajstić information content (AvgIpc) is 2.85. The summed E-state index contributed by atoms with van der Waals surface area (Å²) < 4.78 is 5.14. The Balaban J connectivity index is 2.16. The summed E-state index contributed by atoms with van der Waals surface area (Å²) in [5.41, 5.74) is 6.83. The van der Waals surface area contributed by atoms with E-state index in [1.54, 1.807) is 24.3 Å². The third-order valence-corrected chi connectivity index (χ3v) is 2.33. The van der Waals surface area contributed by atoms with Gasteiger partial charge in [-0.1, -0.05) is 5.16 Å². The molecule has 2 aromatic rings. The van der Waals surface area contributed by atoms with Crippen LogP contribution in [-0.4, -0.2) is 16.7 Å². The number of hydrogen-bond acceptors (Lipinski definition) is 5. The predicted octanol–water partition coefficient (Wildman–Crippen LogP) is 1.50. The second-order valence-corrected chi connectivity index (χ2v) is 3.60. The van der Waals surface area contributed by atoms with Gasteiger partial charge >= 0.3 is 0 Å². The van der Waals surface area contributed by atoms with Gasteiger partial charge in [-0.25, -0.2) is 0 Å². The molecule has 5 nitrogen and oxygen atoms in total. The largest absolute Gasteiger partial charge is 0.334 e. The standard InChI is InChI=1S/C12H12N4O/c13-7-1-2-11-15-12(17-16-11)10-5-3-9(8-14)4-6-10/h3-6H,1-2,7,13H2. The summed E-state index contributed by atoms with van der Waals surface area (Å²) >= 11 is 0. The number of hydrogen-bond donors (Lipinski definition) is 1. The van der Waals surface area contributed by atoms with Crippen molar-refractivity contribution in [1.29, 1.82) is 5.26 Å². The Morgan fingerprint density at radius 3 is 2.71 bits per heavy atom. The number of benzene rings is 1. The summed E-state index contributed by atoms with van der Waals surface area (Å²) in [6.07, 6.45) is 1.56. The molecule has 0 amide bonds. The molecule has 1 aromatic carbocycles. The van der Waals surface area contributed by atoms with Crippen molar-refractivity contribution in [1.82, 2.24) is 10.1 Å². The lowest BCUT2D eigenvalue weighted by molar-refractivity contribution is 0.422. The summed E-state index contributed by atoms with van der Waals surface area (Å²) in [5.74, 6) is 1.14. The Labute approximate surface area is 98.9 Å². The van der Waals surface area contributed by atoms with Crippen LogP contribution >= 0.6 is 0 Å². The minimum atomic E-state index is 0.474. The second kappa shape index (κ2) is 5.23. The van der Waals surface area contributed by atoms with Gasteiger partial charge in [0.1, 0.15) is 0 Å². The molecule has 0 spiro atoms. The van der Waals surface area contributed by atoms with Gasteiger partial charge in [-0.15, -0.1) is 0 Å². The molecule has 2 rings (SSSR count). The maximum Gasteiger partial charge on any atom is 0.257 e. The number of aryl methyl sites for hydroxylation is 1. The Kier molecular flexibility index (Phi) is 3.48. The van der Waals surface area contributed by atoms with Crippen molar-refractivity contribution in [3.8, 4) is 17.5 Å².